The van der Waals surface area contributed by atoms with Crippen molar-refractivity contribution in [1.82, 2.24) is 20.6 Å². The molecule has 0 unspecified atom stereocenters. The van der Waals surface area contributed by atoms with Gasteiger partial charge in [-0.25, -0.2) is 15.0 Å². The van der Waals surface area contributed by atoms with Gasteiger partial charge in [0.05, 0.1) is 23.8 Å². The number of anilines is 1. The standard InChI is InChI=1S/C21H32N6S.HI/c1-5-22-21(25-14-19-16(3)26-17(4)28-19)24-13-18-6-7-20(23-12-18)27-10-8-15(2)9-11-27;/h6-7,12,15H,5,8-11,13-14H2,1-4H3,(H2,22,24,25);1H. The minimum absolute atomic E-state index is 0. The van der Waals surface area contributed by atoms with Gasteiger partial charge in [-0.1, -0.05) is 13.0 Å². The lowest BCUT2D eigenvalue weighted by Crippen LogP contribution is -2.36. The van der Waals surface area contributed by atoms with E-state index in [9.17, 15) is 0 Å². The summed E-state index contributed by atoms with van der Waals surface area (Å²) in [6, 6.07) is 4.27. The molecule has 1 saturated heterocycles. The fourth-order valence-corrected chi connectivity index (χ4v) is 4.23. The fraction of sp³-hybridized carbons (Fsp3) is 0.571. The first kappa shape index (κ1) is 23.9. The van der Waals surface area contributed by atoms with Crippen LogP contribution in [-0.2, 0) is 13.1 Å². The van der Waals surface area contributed by atoms with Gasteiger partial charge < -0.3 is 15.5 Å². The molecule has 3 rings (SSSR count). The van der Waals surface area contributed by atoms with Crippen molar-refractivity contribution >= 4 is 47.1 Å². The van der Waals surface area contributed by atoms with Crippen LogP contribution in [0.15, 0.2) is 23.3 Å². The van der Waals surface area contributed by atoms with Crippen molar-refractivity contribution in [2.45, 2.75) is 53.6 Å². The molecule has 1 aliphatic heterocycles. The third-order valence-corrected chi connectivity index (χ3v) is 6.17. The van der Waals surface area contributed by atoms with Gasteiger partial charge in [-0.15, -0.1) is 35.3 Å². The Morgan fingerprint density at radius 3 is 2.59 bits per heavy atom. The van der Waals surface area contributed by atoms with Gasteiger partial charge in [0.1, 0.15) is 5.82 Å². The second kappa shape index (κ2) is 11.7. The third-order valence-electron chi connectivity index (χ3n) is 5.10. The highest BCUT2D eigenvalue weighted by atomic mass is 127. The number of aromatic nitrogens is 2. The van der Waals surface area contributed by atoms with Crippen LogP contribution in [0.4, 0.5) is 5.82 Å². The predicted molar refractivity (Wildman–Crippen MR) is 134 cm³/mol. The van der Waals surface area contributed by atoms with E-state index in [1.165, 1.54) is 17.7 Å². The Balaban J connectivity index is 0.00000300. The minimum Gasteiger partial charge on any atom is -0.357 e. The average Bonchev–Trinajstić information content (AvgIpc) is 3.02. The maximum Gasteiger partial charge on any atom is 0.191 e. The lowest BCUT2D eigenvalue weighted by molar-refractivity contribution is 0.436. The van der Waals surface area contributed by atoms with Gasteiger partial charge in [0.2, 0.25) is 0 Å². The molecular formula is C21H33IN6S. The molecule has 1 fully saturated rings. The minimum atomic E-state index is 0. The van der Waals surface area contributed by atoms with Crippen molar-refractivity contribution in [2.24, 2.45) is 10.9 Å². The van der Waals surface area contributed by atoms with Gasteiger partial charge in [-0.2, -0.15) is 0 Å². The molecule has 0 bridgehead atoms. The Labute approximate surface area is 195 Å². The fourth-order valence-electron chi connectivity index (χ4n) is 3.35. The largest absolute Gasteiger partial charge is 0.357 e. The molecule has 2 N–H and O–H groups in total. The van der Waals surface area contributed by atoms with E-state index in [-0.39, 0.29) is 24.0 Å². The highest BCUT2D eigenvalue weighted by molar-refractivity contribution is 14.0. The van der Waals surface area contributed by atoms with E-state index >= 15 is 0 Å². The first-order valence-electron chi connectivity index (χ1n) is 10.2. The normalized spacial score (nSPS) is 15.2. The molecule has 29 heavy (non-hydrogen) atoms. The van der Waals surface area contributed by atoms with E-state index < -0.39 is 0 Å². The average molecular weight is 529 g/mol. The molecule has 6 nitrogen and oxygen atoms in total. The maximum absolute atomic E-state index is 4.71. The van der Waals surface area contributed by atoms with Crippen LogP contribution in [0.2, 0.25) is 0 Å². The number of aliphatic imine (C=N–C) groups is 1. The molecule has 3 heterocycles. The number of thiazole rings is 1. The Morgan fingerprint density at radius 2 is 2.00 bits per heavy atom. The summed E-state index contributed by atoms with van der Waals surface area (Å²) >= 11 is 1.73. The molecule has 0 saturated carbocycles. The van der Waals surface area contributed by atoms with E-state index in [4.69, 9.17) is 4.99 Å². The number of hydrogen-bond acceptors (Lipinski definition) is 5. The van der Waals surface area contributed by atoms with Crippen LogP contribution in [0, 0.1) is 19.8 Å². The summed E-state index contributed by atoms with van der Waals surface area (Å²) in [6.45, 7) is 12.9. The number of rotatable bonds is 6. The predicted octanol–water partition coefficient (Wildman–Crippen LogP) is 4.26. The van der Waals surface area contributed by atoms with E-state index in [2.05, 4.69) is 58.4 Å². The first-order valence-corrected chi connectivity index (χ1v) is 11.0. The van der Waals surface area contributed by atoms with Gasteiger partial charge in [0, 0.05) is 30.7 Å². The highest BCUT2D eigenvalue weighted by Crippen LogP contribution is 2.21. The number of halogens is 1. The van der Waals surface area contributed by atoms with Gasteiger partial charge in [-0.3, -0.25) is 0 Å². The number of piperidine rings is 1. The third kappa shape index (κ3) is 7.09. The Morgan fingerprint density at radius 1 is 1.24 bits per heavy atom. The topological polar surface area (TPSA) is 65.4 Å². The van der Waals surface area contributed by atoms with Crippen molar-refractivity contribution in [3.63, 3.8) is 0 Å². The summed E-state index contributed by atoms with van der Waals surface area (Å²) in [5.41, 5.74) is 2.22. The van der Waals surface area contributed by atoms with Gasteiger partial charge >= 0.3 is 0 Å². The zero-order valence-electron chi connectivity index (χ0n) is 17.9. The Kier molecular flexibility index (Phi) is 9.61. The second-order valence-electron chi connectivity index (χ2n) is 7.48. The first-order chi connectivity index (χ1) is 13.5. The quantitative estimate of drug-likeness (QED) is 0.333. The van der Waals surface area contributed by atoms with Gasteiger partial charge in [0.25, 0.3) is 0 Å². The molecule has 0 amide bonds. The second-order valence-corrected chi connectivity index (χ2v) is 8.77. The zero-order chi connectivity index (χ0) is 19.9. The number of pyridine rings is 1. The van der Waals surface area contributed by atoms with Crippen LogP contribution in [0.25, 0.3) is 0 Å². The van der Waals surface area contributed by atoms with Crippen LogP contribution < -0.4 is 15.5 Å². The monoisotopic (exact) mass is 528 g/mol. The van der Waals surface area contributed by atoms with Crippen molar-refractivity contribution in [1.29, 1.82) is 0 Å². The summed E-state index contributed by atoms with van der Waals surface area (Å²) in [4.78, 5) is 17.5. The van der Waals surface area contributed by atoms with Crippen molar-refractivity contribution in [2.75, 3.05) is 24.5 Å². The number of nitrogens with one attached hydrogen (secondary N) is 2. The summed E-state index contributed by atoms with van der Waals surface area (Å²) in [7, 11) is 0. The molecule has 0 atom stereocenters. The molecule has 0 radical (unpaired) electrons. The number of nitrogens with zero attached hydrogens (tertiary/aromatic N) is 4. The number of aryl methyl sites for hydroxylation is 2. The maximum atomic E-state index is 4.71. The van der Waals surface area contributed by atoms with Crippen LogP contribution in [0.1, 0.15) is 47.8 Å². The SMILES string of the molecule is CCNC(=NCc1ccc(N2CCC(C)CC2)nc1)NCc1sc(C)nc1C.I. The molecule has 8 heteroatoms. The van der Waals surface area contributed by atoms with Crippen LogP contribution >= 0.6 is 35.3 Å². The Bertz CT molecular complexity index is 781. The summed E-state index contributed by atoms with van der Waals surface area (Å²) in [5.74, 6) is 2.74. The van der Waals surface area contributed by atoms with Crippen molar-refractivity contribution < 1.29 is 0 Å². The van der Waals surface area contributed by atoms with Crippen LogP contribution in [0.3, 0.4) is 0 Å². The van der Waals surface area contributed by atoms with Crippen molar-refractivity contribution in [3.8, 4) is 0 Å². The number of guanidine groups is 1. The molecule has 0 aliphatic carbocycles. The molecule has 2 aromatic heterocycles. The van der Waals surface area contributed by atoms with E-state index in [1.807, 2.05) is 13.1 Å². The van der Waals surface area contributed by atoms with E-state index in [0.717, 1.165) is 60.1 Å². The van der Waals surface area contributed by atoms with Crippen LogP contribution in [0.5, 0.6) is 0 Å². The van der Waals surface area contributed by atoms with Crippen LogP contribution in [-0.4, -0.2) is 35.6 Å². The van der Waals surface area contributed by atoms with Gasteiger partial charge in [-0.05, 0) is 51.2 Å². The molecule has 2 aromatic rings. The molecule has 0 spiro atoms. The molecule has 160 valence electrons. The molecular weight excluding hydrogens is 495 g/mol. The Hall–Kier alpha value is -1.42. The molecule has 0 aromatic carbocycles. The molecule has 1 aliphatic rings. The van der Waals surface area contributed by atoms with Gasteiger partial charge in [0.15, 0.2) is 5.96 Å². The van der Waals surface area contributed by atoms with Crippen molar-refractivity contribution in [3.05, 3.63) is 39.5 Å². The lowest BCUT2D eigenvalue weighted by atomic mass is 9.99. The lowest BCUT2D eigenvalue weighted by Gasteiger charge is -2.31. The summed E-state index contributed by atoms with van der Waals surface area (Å²) < 4.78 is 0. The van der Waals surface area contributed by atoms with E-state index in [1.54, 1.807) is 11.3 Å². The smallest absolute Gasteiger partial charge is 0.191 e. The van der Waals surface area contributed by atoms with E-state index in [0.29, 0.717) is 6.54 Å². The number of hydrogen-bond donors (Lipinski definition) is 2. The summed E-state index contributed by atoms with van der Waals surface area (Å²) in [5, 5.41) is 7.82. The highest BCUT2D eigenvalue weighted by Gasteiger charge is 2.16. The summed E-state index contributed by atoms with van der Waals surface area (Å²) in [6.07, 6.45) is 4.46. The zero-order valence-corrected chi connectivity index (χ0v) is 21.0.